The topological polar surface area (TPSA) is 74.2 Å². The number of hydrogen-bond acceptors (Lipinski definition) is 5. The Hall–Kier alpha value is -4.75. The van der Waals surface area contributed by atoms with Crippen LogP contribution in [0.2, 0.25) is 0 Å². The number of para-hydroxylation sites is 2. The zero-order chi connectivity index (χ0) is 26.2. The molecule has 0 unspecified atom stereocenters. The molecule has 0 aliphatic carbocycles. The lowest BCUT2D eigenvalue weighted by Gasteiger charge is -2.28. The second-order valence-electron chi connectivity index (χ2n) is 8.95. The molecule has 38 heavy (non-hydrogen) atoms. The Balaban J connectivity index is 1.33. The molecule has 5 rings (SSSR count). The van der Waals surface area contributed by atoms with E-state index in [4.69, 9.17) is 4.74 Å². The number of fused-ring (bicyclic) bond motifs is 1. The van der Waals surface area contributed by atoms with Crippen molar-refractivity contribution in [3.05, 3.63) is 132 Å². The van der Waals surface area contributed by atoms with Crippen LogP contribution in [0, 0.1) is 0 Å². The van der Waals surface area contributed by atoms with Crippen LogP contribution in [0.4, 0.5) is 5.69 Å². The first-order valence-electron chi connectivity index (χ1n) is 12.4. The van der Waals surface area contributed by atoms with Gasteiger partial charge in [-0.2, -0.15) is 5.10 Å². The minimum atomic E-state index is -0.445. The summed E-state index contributed by atoms with van der Waals surface area (Å²) in [6.07, 6.45) is 0. The summed E-state index contributed by atoms with van der Waals surface area (Å²) in [5.74, 6) is -0.123. The molecule has 1 heterocycles. The zero-order valence-electron chi connectivity index (χ0n) is 20.9. The van der Waals surface area contributed by atoms with Crippen LogP contribution in [0.5, 0.6) is 5.75 Å². The summed E-state index contributed by atoms with van der Waals surface area (Å²) >= 11 is 0. The van der Waals surface area contributed by atoms with Crippen molar-refractivity contribution >= 4 is 23.2 Å². The van der Waals surface area contributed by atoms with Gasteiger partial charge < -0.3 is 4.74 Å². The number of anilines is 1. The highest BCUT2D eigenvalue weighted by Crippen LogP contribution is 2.29. The molecule has 0 atom stereocenters. The van der Waals surface area contributed by atoms with Gasteiger partial charge in [0, 0.05) is 18.7 Å². The normalized spacial score (nSPS) is 13.6. The largest absolute Gasteiger partial charge is 0.484 e. The molecule has 1 N–H and O–H groups in total. The number of hydrogen-bond donors (Lipinski definition) is 1. The minimum Gasteiger partial charge on any atom is -0.484 e. The monoisotopic (exact) mass is 504 g/mol. The molecule has 7 heteroatoms. The second-order valence-corrected chi connectivity index (χ2v) is 8.95. The Kier molecular flexibility index (Phi) is 7.86. The summed E-state index contributed by atoms with van der Waals surface area (Å²) in [5.41, 5.74) is 6.44. The van der Waals surface area contributed by atoms with Crippen molar-refractivity contribution in [2.24, 2.45) is 5.10 Å². The maximum absolute atomic E-state index is 13.6. The first-order chi connectivity index (χ1) is 18.7. The van der Waals surface area contributed by atoms with Gasteiger partial charge in [-0.3, -0.25) is 19.4 Å². The maximum Gasteiger partial charge on any atom is 0.280 e. The Morgan fingerprint density at radius 2 is 1.32 bits per heavy atom. The summed E-state index contributed by atoms with van der Waals surface area (Å²) < 4.78 is 5.48. The molecule has 0 radical (unpaired) electrons. The summed E-state index contributed by atoms with van der Waals surface area (Å²) in [6, 6.07) is 36.9. The first kappa shape index (κ1) is 24.9. The number of benzene rings is 4. The second kappa shape index (κ2) is 12.0. The van der Waals surface area contributed by atoms with E-state index >= 15 is 0 Å². The van der Waals surface area contributed by atoms with Crippen molar-refractivity contribution in [3.8, 4) is 5.75 Å². The molecular formula is C31H28N4O3. The fourth-order valence-corrected chi connectivity index (χ4v) is 4.37. The van der Waals surface area contributed by atoms with Crippen LogP contribution in [0.15, 0.2) is 120 Å². The van der Waals surface area contributed by atoms with Crippen molar-refractivity contribution in [1.29, 1.82) is 0 Å². The van der Waals surface area contributed by atoms with Crippen molar-refractivity contribution in [3.63, 3.8) is 0 Å². The molecule has 1 aliphatic rings. The van der Waals surface area contributed by atoms with E-state index in [-0.39, 0.29) is 18.2 Å². The molecule has 4 aromatic rings. The van der Waals surface area contributed by atoms with Crippen LogP contribution in [-0.2, 0) is 22.7 Å². The number of rotatable bonds is 10. The number of carbonyl (C=O) groups excluding carboxylic acids is 2. The third kappa shape index (κ3) is 6.14. The van der Waals surface area contributed by atoms with E-state index in [9.17, 15) is 9.59 Å². The SMILES string of the molecule is O=C(COc1ccccc1)NN=C1C(=O)N(CN(Cc2ccccc2)Cc2ccccc2)c2ccccc21. The van der Waals surface area contributed by atoms with Gasteiger partial charge in [0.2, 0.25) is 0 Å². The lowest BCUT2D eigenvalue weighted by molar-refractivity contribution is -0.123. The molecule has 0 bridgehead atoms. The zero-order valence-corrected chi connectivity index (χ0v) is 20.9. The van der Waals surface area contributed by atoms with E-state index in [2.05, 4.69) is 39.7 Å². The summed E-state index contributed by atoms with van der Waals surface area (Å²) in [7, 11) is 0. The Labute approximate surface area is 222 Å². The van der Waals surface area contributed by atoms with Gasteiger partial charge in [-0.05, 0) is 29.3 Å². The number of hydrazone groups is 1. The van der Waals surface area contributed by atoms with Gasteiger partial charge in [0.25, 0.3) is 11.8 Å². The Morgan fingerprint density at radius 3 is 1.95 bits per heavy atom. The van der Waals surface area contributed by atoms with Crippen LogP contribution in [-0.4, -0.2) is 35.7 Å². The number of carbonyl (C=O) groups is 2. The van der Waals surface area contributed by atoms with Crippen molar-refractivity contribution < 1.29 is 14.3 Å². The number of nitrogens with zero attached hydrogens (tertiary/aromatic N) is 3. The molecule has 4 aromatic carbocycles. The van der Waals surface area contributed by atoms with Gasteiger partial charge in [0.15, 0.2) is 12.3 Å². The highest BCUT2D eigenvalue weighted by Gasteiger charge is 2.35. The van der Waals surface area contributed by atoms with Crippen molar-refractivity contribution in [2.75, 3.05) is 18.2 Å². The molecule has 2 amide bonds. The molecule has 7 nitrogen and oxygen atoms in total. The smallest absolute Gasteiger partial charge is 0.280 e. The standard InChI is InChI=1S/C31H28N4O3/c36-29(22-38-26-16-8-3-9-17-26)32-33-30-27-18-10-11-19-28(27)35(31(30)37)23-34(20-24-12-4-1-5-13-24)21-25-14-6-2-7-15-25/h1-19H,20-23H2,(H,32,36). The first-order valence-corrected chi connectivity index (χ1v) is 12.4. The summed E-state index contributed by atoms with van der Waals surface area (Å²) in [4.78, 5) is 29.9. The van der Waals surface area contributed by atoms with Crippen LogP contribution in [0.25, 0.3) is 0 Å². The molecule has 0 saturated heterocycles. The molecule has 0 fully saturated rings. The van der Waals surface area contributed by atoms with Gasteiger partial charge >= 0.3 is 0 Å². The van der Waals surface area contributed by atoms with E-state index in [1.54, 1.807) is 17.0 Å². The predicted molar refractivity (Wildman–Crippen MR) is 148 cm³/mol. The quantitative estimate of drug-likeness (QED) is 0.321. The van der Waals surface area contributed by atoms with E-state index in [0.717, 1.165) is 16.8 Å². The minimum absolute atomic E-state index is 0.202. The third-order valence-corrected chi connectivity index (χ3v) is 6.14. The fourth-order valence-electron chi connectivity index (χ4n) is 4.37. The lowest BCUT2D eigenvalue weighted by atomic mass is 10.1. The molecule has 0 saturated carbocycles. The van der Waals surface area contributed by atoms with E-state index in [1.165, 1.54) is 0 Å². The molecule has 1 aliphatic heterocycles. The predicted octanol–water partition coefficient (Wildman–Crippen LogP) is 4.59. The number of amides is 2. The summed E-state index contributed by atoms with van der Waals surface area (Å²) in [5, 5.41) is 4.21. The maximum atomic E-state index is 13.6. The van der Waals surface area contributed by atoms with Crippen molar-refractivity contribution in [1.82, 2.24) is 10.3 Å². The van der Waals surface area contributed by atoms with Gasteiger partial charge in [-0.1, -0.05) is 97.1 Å². The Morgan fingerprint density at radius 1 is 0.763 bits per heavy atom. The number of nitrogens with one attached hydrogen (secondary N) is 1. The average molecular weight is 505 g/mol. The molecule has 0 aromatic heterocycles. The van der Waals surface area contributed by atoms with Crippen LogP contribution >= 0.6 is 0 Å². The van der Waals surface area contributed by atoms with Crippen LogP contribution in [0.3, 0.4) is 0 Å². The molecule has 190 valence electrons. The van der Waals surface area contributed by atoms with Gasteiger partial charge in [-0.25, -0.2) is 5.43 Å². The molecule has 0 spiro atoms. The number of ether oxygens (including phenoxy) is 1. The van der Waals surface area contributed by atoms with E-state index in [1.807, 2.05) is 78.9 Å². The van der Waals surface area contributed by atoms with Crippen molar-refractivity contribution in [2.45, 2.75) is 13.1 Å². The van der Waals surface area contributed by atoms with Gasteiger partial charge in [0.05, 0.1) is 12.4 Å². The fraction of sp³-hybridized carbons (Fsp3) is 0.129. The third-order valence-electron chi connectivity index (χ3n) is 6.14. The van der Waals surface area contributed by atoms with Crippen LogP contribution < -0.4 is 15.1 Å². The lowest BCUT2D eigenvalue weighted by Crippen LogP contribution is -2.41. The average Bonchev–Trinajstić information content (AvgIpc) is 3.22. The highest BCUT2D eigenvalue weighted by molar-refractivity contribution is 6.54. The van der Waals surface area contributed by atoms with E-state index < -0.39 is 5.91 Å². The molecular weight excluding hydrogens is 476 g/mol. The summed E-state index contributed by atoms with van der Waals surface area (Å²) in [6.45, 7) is 1.50. The highest BCUT2D eigenvalue weighted by atomic mass is 16.5. The van der Waals surface area contributed by atoms with Gasteiger partial charge in [-0.15, -0.1) is 0 Å². The van der Waals surface area contributed by atoms with Crippen LogP contribution in [0.1, 0.15) is 16.7 Å². The van der Waals surface area contributed by atoms with E-state index in [0.29, 0.717) is 31.1 Å². The Bertz CT molecular complexity index is 1370. The van der Waals surface area contributed by atoms with Gasteiger partial charge in [0.1, 0.15) is 5.75 Å².